The number of hydrogen-bond donors (Lipinski definition) is 0. The van der Waals surface area contributed by atoms with Crippen LogP contribution in [0.1, 0.15) is 12.5 Å². The predicted molar refractivity (Wildman–Crippen MR) is 103 cm³/mol. The second-order valence-electron chi connectivity index (χ2n) is 7.03. The first-order valence-electron chi connectivity index (χ1n) is 7.79. The van der Waals surface area contributed by atoms with Crippen LogP contribution in [0.15, 0.2) is 78.2 Å². The van der Waals surface area contributed by atoms with Gasteiger partial charge in [0.2, 0.25) is 0 Å². The van der Waals surface area contributed by atoms with E-state index in [4.69, 9.17) is 0 Å². The lowest BCUT2D eigenvalue weighted by Crippen LogP contribution is -2.48. The normalized spacial score (nSPS) is 15.8. The maximum atomic E-state index is 4.19. The lowest BCUT2D eigenvalue weighted by molar-refractivity contribution is 0.638. The van der Waals surface area contributed by atoms with Crippen molar-refractivity contribution in [3.63, 3.8) is 0 Å². The van der Waals surface area contributed by atoms with Crippen molar-refractivity contribution in [2.45, 2.75) is 41.7 Å². The van der Waals surface area contributed by atoms with E-state index in [-0.39, 0.29) is 5.41 Å². The zero-order valence-corrected chi connectivity index (χ0v) is 15.9. The molecule has 0 aromatic heterocycles. The van der Waals surface area contributed by atoms with Crippen LogP contribution in [0.2, 0.25) is 19.6 Å². The lowest BCUT2D eigenvalue weighted by atomic mass is 9.84. The summed E-state index contributed by atoms with van der Waals surface area (Å²) < 4.78 is 0. The minimum atomic E-state index is -1.42. The van der Waals surface area contributed by atoms with Gasteiger partial charge >= 0.3 is 0 Å². The molecule has 2 aromatic carbocycles. The maximum Gasteiger partial charge on any atom is 0.0607 e. The summed E-state index contributed by atoms with van der Waals surface area (Å²) in [5.41, 5.74) is 1.34. The zero-order valence-electron chi connectivity index (χ0n) is 14.0. The quantitative estimate of drug-likeness (QED) is 0.347. The van der Waals surface area contributed by atoms with Crippen molar-refractivity contribution >= 4 is 19.8 Å². The summed E-state index contributed by atoms with van der Waals surface area (Å²) in [4.78, 5) is 1.88. The van der Waals surface area contributed by atoms with Crippen molar-refractivity contribution in [3.8, 4) is 0 Å². The zero-order chi connectivity index (χ0) is 16.2. The van der Waals surface area contributed by atoms with Crippen LogP contribution in [0.4, 0.5) is 0 Å². The van der Waals surface area contributed by atoms with Gasteiger partial charge < -0.3 is 0 Å². The SMILES string of the molecule is C=CC(C)(c1ccccc1)[C@H](Sc1ccccc1)[Si](C)(C)C. The molecule has 0 saturated carbocycles. The average molecular weight is 327 g/mol. The Morgan fingerprint density at radius 3 is 1.91 bits per heavy atom. The molecule has 0 saturated heterocycles. The molecule has 0 fully saturated rings. The number of allylic oxidation sites excluding steroid dienone is 1. The van der Waals surface area contributed by atoms with Gasteiger partial charge in [-0.2, -0.15) is 0 Å². The first-order chi connectivity index (χ1) is 10.4. The van der Waals surface area contributed by atoms with E-state index >= 15 is 0 Å². The van der Waals surface area contributed by atoms with Crippen LogP contribution in [-0.4, -0.2) is 12.9 Å². The summed E-state index contributed by atoms with van der Waals surface area (Å²) in [5, 5.41) is 0. The standard InChI is InChI=1S/C20H26SSi/c1-6-20(2,17-13-9-7-10-14-17)19(22(3,4)5)21-18-15-11-8-12-16-18/h6-16,19H,1H2,2-5H3/t19-,20?/m1/s1. The fraction of sp³-hybridized carbons (Fsp3) is 0.300. The van der Waals surface area contributed by atoms with E-state index in [0.29, 0.717) is 4.87 Å². The molecule has 2 atom stereocenters. The van der Waals surface area contributed by atoms with Crippen molar-refractivity contribution < 1.29 is 0 Å². The van der Waals surface area contributed by atoms with Gasteiger partial charge in [-0.1, -0.05) is 81.2 Å². The predicted octanol–water partition coefficient (Wildman–Crippen LogP) is 6.17. The second-order valence-corrected chi connectivity index (χ2v) is 13.9. The van der Waals surface area contributed by atoms with E-state index in [1.54, 1.807) is 0 Å². The number of hydrogen-bond acceptors (Lipinski definition) is 1. The summed E-state index contributed by atoms with van der Waals surface area (Å²) in [6.07, 6.45) is 2.15. The van der Waals surface area contributed by atoms with Crippen LogP contribution in [-0.2, 0) is 5.41 Å². The molecule has 2 aromatic rings. The molecule has 0 aliphatic heterocycles. The number of rotatable bonds is 6. The number of benzene rings is 2. The topological polar surface area (TPSA) is 0 Å². The van der Waals surface area contributed by atoms with Crippen molar-refractivity contribution in [1.82, 2.24) is 0 Å². The van der Waals surface area contributed by atoms with E-state index in [1.165, 1.54) is 10.5 Å². The van der Waals surface area contributed by atoms with Crippen LogP contribution in [0, 0.1) is 0 Å². The fourth-order valence-electron chi connectivity index (χ4n) is 3.01. The van der Waals surface area contributed by atoms with Crippen molar-refractivity contribution in [2.75, 3.05) is 0 Å². The van der Waals surface area contributed by atoms with Gasteiger partial charge in [0.05, 0.1) is 8.07 Å². The summed E-state index contributed by atoms with van der Waals surface area (Å²) >= 11 is 2.01. The Kier molecular flexibility index (Phi) is 5.35. The molecule has 0 heterocycles. The number of thioether (sulfide) groups is 1. The Morgan fingerprint density at radius 2 is 1.45 bits per heavy atom. The van der Waals surface area contributed by atoms with Gasteiger partial charge in [0.1, 0.15) is 0 Å². The molecule has 1 unspecified atom stereocenters. The maximum absolute atomic E-state index is 4.19. The van der Waals surface area contributed by atoms with E-state index in [9.17, 15) is 0 Å². The van der Waals surface area contributed by atoms with Gasteiger partial charge in [-0.3, -0.25) is 0 Å². The second kappa shape index (κ2) is 6.89. The molecule has 22 heavy (non-hydrogen) atoms. The fourth-order valence-corrected chi connectivity index (χ4v) is 7.98. The van der Waals surface area contributed by atoms with E-state index in [0.717, 1.165) is 0 Å². The third-order valence-corrected chi connectivity index (χ3v) is 10.1. The molecular formula is C20H26SSi. The lowest BCUT2D eigenvalue weighted by Gasteiger charge is -2.42. The van der Waals surface area contributed by atoms with Gasteiger partial charge in [-0.15, -0.1) is 18.3 Å². The van der Waals surface area contributed by atoms with Crippen molar-refractivity contribution in [2.24, 2.45) is 0 Å². The summed E-state index contributed by atoms with van der Waals surface area (Å²) in [7, 11) is -1.42. The van der Waals surface area contributed by atoms with Crippen LogP contribution in [0.3, 0.4) is 0 Å². The Hall–Kier alpha value is -1.25. The minimum absolute atomic E-state index is 0.0216. The molecule has 0 bridgehead atoms. The van der Waals surface area contributed by atoms with Crippen LogP contribution < -0.4 is 0 Å². The average Bonchev–Trinajstić information content (AvgIpc) is 2.53. The van der Waals surface area contributed by atoms with Crippen molar-refractivity contribution in [1.29, 1.82) is 0 Å². The molecule has 116 valence electrons. The van der Waals surface area contributed by atoms with Crippen LogP contribution >= 0.6 is 11.8 Å². The Morgan fingerprint density at radius 1 is 0.955 bits per heavy atom. The van der Waals surface area contributed by atoms with E-state index in [2.05, 4.69) is 99.9 Å². The summed E-state index contributed by atoms with van der Waals surface area (Å²) in [5.74, 6) is 0. The summed E-state index contributed by atoms with van der Waals surface area (Å²) in [6, 6.07) is 21.6. The molecule has 0 nitrogen and oxygen atoms in total. The van der Waals surface area contributed by atoms with Gasteiger partial charge in [-0.05, 0) is 17.7 Å². The van der Waals surface area contributed by atoms with Gasteiger partial charge in [0.25, 0.3) is 0 Å². The van der Waals surface area contributed by atoms with Gasteiger partial charge in [0, 0.05) is 15.2 Å². The molecule has 0 aliphatic rings. The van der Waals surface area contributed by atoms with Crippen LogP contribution in [0.5, 0.6) is 0 Å². The molecule has 0 radical (unpaired) electrons. The highest BCUT2D eigenvalue weighted by Crippen LogP contribution is 2.43. The Balaban J connectivity index is 2.45. The van der Waals surface area contributed by atoms with Crippen LogP contribution in [0.25, 0.3) is 0 Å². The van der Waals surface area contributed by atoms with E-state index in [1.807, 2.05) is 11.8 Å². The highest BCUT2D eigenvalue weighted by atomic mass is 32.2. The van der Waals surface area contributed by atoms with E-state index < -0.39 is 8.07 Å². The monoisotopic (exact) mass is 326 g/mol. The van der Waals surface area contributed by atoms with Crippen molar-refractivity contribution in [3.05, 3.63) is 78.9 Å². The molecule has 0 amide bonds. The first kappa shape index (κ1) is 17.1. The van der Waals surface area contributed by atoms with Gasteiger partial charge in [-0.25, -0.2) is 0 Å². The highest BCUT2D eigenvalue weighted by molar-refractivity contribution is 8.01. The molecular weight excluding hydrogens is 300 g/mol. The smallest absolute Gasteiger partial charge is 0.0607 e. The third-order valence-electron chi connectivity index (χ3n) is 4.15. The molecule has 0 spiro atoms. The summed E-state index contributed by atoms with van der Waals surface area (Å²) in [6.45, 7) is 13.9. The Bertz CT molecular complexity index is 601. The highest BCUT2D eigenvalue weighted by Gasteiger charge is 2.42. The molecule has 0 aliphatic carbocycles. The molecule has 2 rings (SSSR count). The van der Waals surface area contributed by atoms with Gasteiger partial charge in [0.15, 0.2) is 0 Å². The Labute approximate surface area is 140 Å². The first-order valence-corrected chi connectivity index (χ1v) is 12.2. The third kappa shape index (κ3) is 3.74. The largest absolute Gasteiger partial charge is 0.125 e. The molecule has 2 heteroatoms. The minimum Gasteiger partial charge on any atom is -0.125 e. The molecule has 0 N–H and O–H groups in total.